The summed E-state index contributed by atoms with van der Waals surface area (Å²) in [4.78, 5) is 17.7. The van der Waals surface area contributed by atoms with Crippen LogP contribution in [-0.2, 0) is 4.79 Å². The number of fused-ring (bicyclic) bond motifs is 1. The van der Waals surface area contributed by atoms with Crippen molar-refractivity contribution in [3.05, 3.63) is 5.21 Å². The number of piperidine rings is 1. The maximum Gasteiger partial charge on any atom is 0.150 e. The van der Waals surface area contributed by atoms with Gasteiger partial charge in [0.2, 0.25) is 0 Å². The molecule has 0 spiro atoms. The molecule has 2 aliphatic heterocycles. The molecular weight excluding hydrogens is 421 g/mol. The van der Waals surface area contributed by atoms with Crippen LogP contribution in [0, 0.1) is 17.0 Å². The molecule has 0 amide bonds. The summed E-state index contributed by atoms with van der Waals surface area (Å²) in [5, 5.41) is 20.7. The second-order valence-corrected chi connectivity index (χ2v) is 9.60. The average Bonchev–Trinajstić information content (AvgIpc) is 2.82. The van der Waals surface area contributed by atoms with Gasteiger partial charge >= 0.3 is 0 Å². The van der Waals surface area contributed by atoms with Crippen molar-refractivity contribution in [1.82, 2.24) is 15.0 Å². The average molecular weight is 450 g/mol. The first-order chi connectivity index (χ1) is 11.4. The number of rotatable bonds is 4. The van der Waals surface area contributed by atoms with Gasteiger partial charge in [-0.1, -0.05) is 29.5 Å². The van der Waals surface area contributed by atoms with Crippen LogP contribution >= 0.6 is 22.6 Å². The number of Topliss-reactive ketones (excluding diaryl/α,β-unsaturated/α-hetero) is 1. The Kier molecular flexibility index (Phi) is 6.20. The third-order valence-electron chi connectivity index (χ3n) is 6.14. The zero-order chi connectivity index (χ0) is 17.4. The lowest BCUT2D eigenvalue weighted by atomic mass is 9.83. The fraction of sp³-hybridized carbons (Fsp3) is 0.941. The van der Waals surface area contributed by atoms with Gasteiger partial charge < -0.3 is 10.4 Å². The van der Waals surface area contributed by atoms with Gasteiger partial charge in [0.05, 0.1) is 12.7 Å². The summed E-state index contributed by atoms with van der Waals surface area (Å²) >= 11 is 2.22. The molecule has 6 unspecified atom stereocenters. The third kappa shape index (κ3) is 3.96. The van der Waals surface area contributed by atoms with E-state index >= 15 is 0 Å². The molecule has 1 N–H and O–H groups in total. The van der Waals surface area contributed by atoms with Crippen LogP contribution in [0.5, 0.6) is 0 Å². The molecule has 1 saturated carbocycles. The Bertz CT molecular complexity index is 464. The summed E-state index contributed by atoms with van der Waals surface area (Å²) in [7, 11) is 0. The van der Waals surface area contributed by atoms with Gasteiger partial charge in [0.1, 0.15) is 5.78 Å². The van der Waals surface area contributed by atoms with Crippen LogP contribution in [0.15, 0.2) is 0 Å². The predicted octanol–water partition coefficient (Wildman–Crippen LogP) is 2.48. The van der Waals surface area contributed by atoms with Crippen LogP contribution in [0.1, 0.15) is 46.0 Å². The number of nitrogens with zero attached hydrogens (tertiary/aromatic N) is 3. The summed E-state index contributed by atoms with van der Waals surface area (Å²) in [5.74, 6) is 0.905. The molecule has 138 valence electrons. The molecule has 0 bridgehead atoms. The minimum atomic E-state index is -0.448. The van der Waals surface area contributed by atoms with Crippen LogP contribution in [0.3, 0.4) is 0 Å². The fourth-order valence-corrected chi connectivity index (χ4v) is 5.67. The Balaban J connectivity index is 1.60. The maximum atomic E-state index is 12.8. The van der Waals surface area contributed by atoms with Gasteiger partial charge in [-0.25, -0.2) is 0 Å². The standard InChI is InChI=1S/C17H29IN3O3/c1-11-3-6-17-19(8-11)9-12(2)20(17)10-16(22)13-4-5-14(18)15(7-13)21(23)24/h11-15,17,23H,3-10H2,1-2H3/q-1. The van der Waals surface area contributed by atoms with Gasteiger partial charge in [0.15, 0.2) is 0 Å². The number of alkyl halides is 1. The molecule has 3 fully saturated rings. The molecule has 2 heterocycles. The van der Waals surface area contributed by atoms with E-state index in [0.29, 0.717) is 25.2 Å². The molecule has 7 heteroatoms. The van der Waals surface area contributed by atoms with E-state index in [0.717, 1.165) is 38.3 Å². The van der Waals surface area contributed by atoms with Gasteiger partial charge in [-0.2, -0.15) is 0 Å². The third-order valence-corrected chi connectivity index (χ3v) is 7.60. The van der Waals surface area contributed by atoms with Gasteiger partial charge in [-0.3, -0.25) is 19.8 Å². The molecule has 6 nitrogen and oxygen atoms in total. The van der Waals surface area contributed by atoms with E-state index in [4.69, 9.17) is 0 Å². The number of carbonyl (C=O) groups is 1. The molecule has 0 aromatic carbocycles. The van der Waals surface area contributed by atoms with E-state index in [9.17, 15) is 15.2 Å². The molecule has 1 aliphatic carbocycles. The Morgan fingerprint density at radius 2 is 2.00 bits per heavy atom. The number of halogens is 1. The number of hydrogen-bond acceptors (Lipinski definition) is 6. The first-order valence-electron chi connectivity index (χ1n) is 9.18. The lowest BCUT2D eigenvalue weighted by Crippen LogP contribution is -2.48. The van der Waals surface area contributed by atoms with E-state index in [2.05, 4.69) is 46.2 Å². The first kappa shape index (κ1) is 19.0. The topological polar surface area (TPSA) is 70.1 Å². The fourth-order valence-electron chi connectivity index (χ4n) is 4.74. The lowest BCUT2D eigenvalue weighted by Gasteiger charge is -2.41. The largest absolute Gasteiger partial charge is 0.762 e. The smallest absolute Gasteiger partial charge is 0.150 e. The summed E-state index contributed by atoms with van der Waals surface area (Å²) in [5.41, 5.74) is 0. The molecule has 0 aromatic heterocycles. The molecule has 3 rings (SSSR count). The van der Waals surface area contributed by atoms with E-state index < -0.39 is 6.04 Å². The van der Waals surface area contributed by atoms with Crippen molar-refractivity contribution in [1.29, 1.82) is 0 Å². The maximum absolute atomic E-state index is 12.8. The first-order valence-corrected chi connectivity index (χ1v) is 10.4. The zero-order valence-electron chi connectivity index (χ0n) is 14.6. The second kappa shape index (κ2) is 7.84. The van der Waals surface area contributed by atoms with E-state index in [-0.39, 0.29) is 20.9 Å². The summed E-state index contributed by atoms with van der Waals surface area (Å²) in [6.07, 6.45) is 4.93. The van der Waals surface area contributed by atoms with Gasteiger partial charge in [-0.05, 0) is 44.9 Å². The highest BCUT2D eigenvalue weighted by atomic mass is 127. The SMILES string of the molecule is CC1CCC2N(C1)CC(C)N2CC(=O)C1CCC(I)C(N([O-])O)C1. The Morgan fingerprint density at radius 3 is 2.71 bits per heavy atom. The Labute approximate surface area is 158 Å². The van der Waals surface area contributed by atoms with Crippen LogP contribution in [0.2, 0.25) is 0 Å². The van der Waals surface area contributed by atoms with Crippen molar-refractivity contribution in [3.63, 3.8) is 0 Å². The summed E-state index contributed by atoms with van der Waals surface area (Å²) in [6.45, 7) is 7.20. The van der Waals surface area contributed by atoms with Crippen LogP contribution in [0.4, 0.5) is 0 Å². The molecule has 6 atom stereocenters. The predicted molar refractivity (Wildman–Crippen MR) is 101 cm³/mol. The molecule has 24 heavy (non-hydrogen) atoms. The highest BCUT2D eigenvalue weighted by Gasteiger charge is 2.42. The van der Waals surface area contributed by atoms with Crippen LogP contribution in [-0.4, -0.2) is 67.8 Å². The van der Waals surface area contributed by atoms with E-state index in [1.807, 2.05) is 0 Å². The normalized spacial score (nSPS) is 41.6. The number of hydrogen-bond donors (Lipinski definition) is 1. The second-order valence-electron chi connectivity index (χ2n) is 8.00. The van der Waals surface area contributed by atoms with Gasteiger partial charge in [-0.15, -0.1) is 0 Å². The molecule has 0 radical (unpaired) electrons. The lowest BCUT2D eigenvalue weighted by molar-refractivity contribution is -0.130. The van der Waals surface area contributed by atoms with Crippen LogP contribution in [0.25, 0.3) is 0 Å². The summed E-state index contributed by atoms with van der Waals surface area (Å²) in [6, 6.07) is -0.0360. The van der Waals surface area contributed by atoms with Crippen molar-refractivity contribution in [3.8, 4) is 0 Å². The van der Waals surface area contributed by atoms with E-state index in [1.54, 1.807) is 0 Å². The molecule has 2 saturated heterocycles. The highest BCUT2D eigenvalue weighted by Crippen LogP contribution is 2.35. The minimum Gasteiger partial charge on any atom is -0.762 e. The molecular formula is C17H29IN3O3-. The molecule has 0 aromatic rings. The number of hydroxylamine groups is 2. The monoisotopic (exact) mass is 450 g/mol. The Hall–Kier alpha value is 0.200. The van der Waals surface area contributed by atoms with E-state index in [1.165, 1.54) is 6.42 Å². The molecule has 3 aliphatic rings. The van der Waals surface area contributed by atoms with Crippen molar-refractivity contribution < 1.29 is 10.0 Å². The minimum absolute atomic E-state index is 0.0687. The van der Waals surface area contributed by atoms with Crippen molar-refractivity contribution in [2.45, 2.75) is 68.1 Å². The van der Waals surface area contributed by atoms with Crippen molar-refractivity contribution >= 4 is 28.4 Å². The van der Waals surface area contributed by atoms with Crippen LogP contribution < -0.4 is 0 Å². The number of carbonyl (C=O) groups excluding carboxylic acids is 1. The number of ketones is 1. The summed E-state index contributed by atoms with van der Waals surface area (Å²) < 4.78 is 0.121. The van der Waals surface area contributed by atoms with Gasteiger partial charge in [0.25, 0.3) is 0 Å². The zero-order valence-corrected chi connectivity index (χ0v) is 16.8. The van der Waals surface area contributed by atoms with Crippen molar-refractivity contribution in [2.75, 3.05) is 19.6 Å². The van der Waals surface area contributed by atoms with Crippen molar-refractivity contribution in [2.24, 2.45) is 11.8 Å². The van der Waals surface area contributed by atoms with Gasteiger partial charge in [0, 0.05) is 35.0 Å². The highest BCUT2D eigenvalue weighted by molar-refractivity contribution is 14.1. The quantitative estimate of drug-likeness (QED) is 0.403. The Morgan fingerprint density at radius 1 is 1.25 bits per heavy atom.